The molecule has 0 bridgehead atoms. The third kappa shape index (κ3) is 3.70. The van der Waals surface area contributed by atoms with Gasteiger partial charge in [-0.1, -0.05) is 30.3 Å². The van der Waals surface area contributed by atoms with Gasteiger partial charge in [0.25, 0.3) is 5.91 Å². The van der Waals surface area contributed by atoms with Gasteiger partial charge in [-0.15, -0.1) is 0 Å². The Hall–Kier alpha value is -3.12. The van der Waals surface area contributed by atoms with Gasteiger partial charge in [-0.3, -0.25) is 10.1 Å². The Labute approximate surface area is 150 Å². The molecule has 0 aliphatic heterocycles. The molecule has 0 atom stereocenters. The van der Waals surface area contributed by atoms with Crippen molar-refractivity contribution in [1.29, 1.82) is 0 Å². The Morgan fingerprint density at radius 3 is 2.56 bits per heavy atom. The second-order valence-corrected chi connectivity index (χ2v) is 5.73. The zero-order valence-corrected chi connectivity index (χ0v) is 14.3. The molecular weight excluding hydrogens is 336 g/mol. The van der Waals surface area contributed by atoms with Crippen LogP contribution in [0.3, 0.4) is 0 Å². The quantitative estimate of drug-likeness (QED) is 0.627. The molecule has 0 spiro atoms. The molecule has 0 aromatic heterocycles. The number of hydrogen-bond donors (Lipinski definition) is 3. The fourth-order valence-electron chi connectivity index (χ4n) is 2.50. The lowest BCUT2D eigenvalue weighted by molar-refractivity contribution is 0.0977. The number of benzene rings is 3. The number of ether oxygens (including phenoxy) is 1. The zero-order chi connectivity index (χ0) is 17.8. The largest absolute Gasteiger partial charge is 0.507 e. The van der Waals surface area contributed by atoms with Crippen LogP contribution in [0.25, 0.3) is 10.8 Å². The number of rotatable bonds is 3. The highest BCUT2D eigenvalue weighted by Crippen LogP contribution is 2.29. The SMILES string of the molecule is COc1cccc(C(=O)NC(=S)Nc2cccc3c(O)cccc23)c1. The summed E-state index contributed by atoms with van der Waals surface area (Å²) >= 11 is 5.23. The monoisotopic (exact) mass is 352 g/mol. The summed E-state index contributed by atoms with van der Waals surface area (Å²) in [5.41, 5.74) is 1.14. The highest BCUT2D eigenvalue weighted by atomic mass is 32.1. The van der Waals surface area contributed by atoms with Gasteiger partial charge in [-0.25, -0.2) is 0 Å². The minimum absolute atomic E-state index is 0.170. The van der Waals surface area contributed by atoms with Gasteiger partial charge in [-0.2, -0.15) is 0 Å². The summed E-state index contributed by atoms with van der Waals surface area (Å²) < 4.78 is 5.11. The van der Waals surface area contributed by atoms with E-state index in [0.29, 0.717) is 22.4 Å². The van der Waals surface area contributed by atoms with Crippen molar-refractivity contribution in [3.8, 4) is 11.5 Å². The summed E-state index contributed by atoms with van der Waals surface area (Å²) in [6, 6.07) is 17.5. The van der Waals surface area contributed by atoms with Crippen molar-refractivity contribution < 1.29 is 14.6 Å². The van der Waals surface area contributed by atoms with Crippen molar-refractivity contribution in [3.63, 3.8) is 0 Å². The van der Waals surface area contributed by atoms with Gasteiger partial charge in [-0.05, 0) is 42.5 Å². The van der Waals surface area contributed by atoms with Crippen molar-refractivity contribution in [2.24, 2.45) is 0 Å². The van der Waals surface area contributed by atoms with Crippen LogP contribution in [-0.2, 0) is 0 Å². The summed E-state index contributed by atoms with van der Waals surface area (Å²) in [6.45, 7) is 0. The first-order valence-corrected chi connectivity index (χ1v) is 7.96. The van der Waals surface area contributed by atoms with E-state index in [1.165, 1.54) is 0 Å². The highest BCUT2D eigenvalue weighted by molar-refractivity contribution is 7.80. The molecule has 0 fully saturated rings. The maximum Gasteiger partial charge on any atom is 0.257 e. The number of aromatic hydroxyl groups is 1. The molecule has 3 rings (SSSR count). The summed E-state index contributed by atoms with van der Waals surface area (Å²) in [5.74, 6) is 0.447. The number of phenols is 1. The number of carbonyl (C=O) groups excluding carboxylic acids is 1. The number of amides is 1. The number of carbonyl (C=O) groups is 1. The molecule has 0 saturated heterocycles. The number of fused-ring (bicyclic) bond motifs is 1. The average Bonchev–Trinajstić information content (AvgIpc) is 2.62. The Bertz CT molecular complexity index is 956. The smallest absolute Gasteiger partial charge is 0.257 e. The maximum atomic E-state index is 12.3. The molecule has 0 unspecified atom stereocenters. The van der Waals surface area contributed by atoms with Crippen LogP contribution in [0.5, 0.6) is 11.5 Å². The molecule has 3 aromatic rings. The molecule has 25 heavy (non-hydrogen) atoms. The number of methoxy groups -OCH3 is 1. The van der Waals surface area contributed by atoms with Gasteiger partial charge in [0, 0.05) is 22.0 Å². The van der Waals surface area contributed by atoms with Crippen molar-refractivity contribution >= 4 is 39.7 Å². The molecule has 0 saturated carbocycles. The van der Waals surface area contributed by atoms with E-state index in [-0.39, 0.29) is 16.8 Å². The molecule has 0 heterocycles. The molecule has 6 heteroatoms. The van der Waals surface area contributed by atoms with Crippen molar-refractivity contribution in [3.05, 3.63) is 66.2 Å². The second-order valence-electron chi connectivity index (χ2n) is 5.32. The van der Waals surface area contributed by atoms with Crippen LogP contribution in [0, 0.1) is 0 Å². The molecule has 1 amide bonds. The van der Waals surface area contributed by atoms with Gasteiger partial charge in [0.2, 0.25) is 0 Å². The minimum Gasteiger partial charge on any atom is -0.507 e. The molecule has 5 nitrogen and oxygen atoms in total. The highest BCUT2D eigenvalue weighted by Gasteiger charge is 2.10. The minimum atomic E-state index is -0.334. The topological polar surface area (TPSA) is 70.6 Å². The maximum absolute atomic E-state index is 12.3. The predicted molar refractivity (Wildman–Crippen MR) is 102 cm³/mol. The van der Waals surface area contributed by atoms with Gasteiger partial charge in [0.05, 0.1) is 7.11 Å². The lowest BCUT2D eigenvalue weighted by Crippen LogP contribution is -2.34. The van der Waals surface area contributed by atoms with Gasteiger partial charge < -0.3 is 15.2 Å². The number of hydrogen-bond acceptors (Lipinski definition) is 4. The van der Waals surface area contributed by atoms with Crippen molar-refractivity contribution in [2.75, 3.05) is 12.4 Å². The molecule has 0 aliphatic rings. The fraction of sp³-hybridized carbons (Fsp3) is 0.0526. The van der Waals surface area contributed by atoms with Gasteiger partial charge >= 0.3 is 0 Å². The Kier molecular flexibility index (Phi) is 4.81. The van der Waals surface area contributed by atoms with Gasteiger partial charge in [0.15, 0.2) is 5.11 Å². The zero-order valence-electron chi connectivity index (χ0n) is 13.4. The Morgan fingerprint density at radius 2 is 1.76 bits per heavy atom. The molecule has 0 radical (unpaired) electrons. The number of phenolic OH excluding ortho intramolecular Hbond substituents is 1. The summed E-state index contributed by atoms with van der Waals surface area (Å²) in [4.78, 5) is 12.3. The van der Waals surface area contributed by atoms with E-state index in [9.17, 15) is 9.90 Å². The first-order valence-electron chi connectivity index (χ1n) is 7.55. The van der Waals surface area contributed by atoms with E-state index in [2.05, 4.69) is 10.6 Å². The third-order valence-electron chi connectivity index (χ3n) is 3.71. The van der Waals surface area contributed by atoms with Crippen LogP contribution in [0.15, 0.2) is 60.7 Å². The first kappa shape index (κ1) is 16.7. The average molecular weight is 352 g/mol. The standard InChI is InChI=1S/C19H16N2O3S/c1-24-13-6-2-5-12(11-13)18(23)21-19(25)20-16-9-3-8-15-14(16)7-4-10-17(15)22/h2-11,22H,1H3,(H2,20,21,23,25). The Morgan fingerprint density at radius 1 is 1.04 bits per heavy atom. The van der Waals surface area contributed by atoms with Crippen LogP contribution < -0.4 is 15.4 Å². The molecule has 126 valence electrons. The van der Waals surface area contributed by atoms with E-state index in [1.807, 2.05) is 18.2 Å². The second kappa shape index (κ2) is 7.19. The van der Waals surface area contributed by atoms with E-state index in [4.69, 9.17) is 17.0 Å². The lowest BCUT2D eigenvalue weighted by atomic mass is 10.1. The number of anilines is 1. The number of nitrogens with one attached hydrogen (secondary N) is 2. The van der Waals surface area contributed by atoms with Gasteiger partial charge in [0.1, 0.15) is 11.5 Å². The lowest BCUT2D eigenvalue weighted by Gasteiger charge is -2.12. The van der Waals surface area contributed by atoms with Crippen LogP contribution >= 0.6 is 12.2 Å². The van der Waals surface area contributed by atoms with Crippen LogP contribution in [0.4, 0.5) is 5.69 Å². The summed E-state index contributed by atoms with van der Waals surface area (Å²) in [5, 5.41) is 17.2. The van der Waals surface area contributed by atoms with E-state index in [1.54, 1.807) is 49.6 Å². The third-order valence-corrected chi connectivity index (χ3v) is 3.91. The first-order chi connectivity index (χ1) is 12.1. The summed E-state index contributed by atoms with van der Waals surface area (Å²) in [6.07, 6.45) is 0. The molecular formula is C19H16N2O3S. The van der Waals surface area contributed by atoms with Crippen molar-refractivity contribution in [2.45, 2.75) is 0 Å². The Balaban J connectivity index is 1.77. The fourth-order valence-corrected chi connectivity index (χ4v) is 2.70. The van der Waals surface area contributed by atoms with E-state index < -0.39 is 0 Å². The van der Waals surface area contributed by atoms with Crippen LogP contribution in [0.1, 0.15) is 10.4 Å². The van der Waals surface area contributed by atoms with Crippen molar-refractivity contribution in [1.82, 2.24) is 5.32 Å². The normalized spacial score (nSPS) is 10.3. The molecule has 0 aliphatic carbocycles. The summed E-state index contributed by atoms with van der Waals surface area (Å²) in [7, 11) is 1.54. The van der Waals surface area contributed by atoms with E-state index >= 15 is 0 Å². The van der Waals surface area contributed by atoms with E-state index in [0.717, 1.165) is 5.39 Å². The molecule has 3 aromatic carbocycles. The molecule has 3 N–H and O–H groups in total. The van der Waals surface area contributed by atoms with Crippen LogP contribution in [-0.4, -0.2) is 23.2 Å². The van der Waals surface area contributed by atoms with Crippen LogP contribution in [0.2, 0.25) is 0 Å². The number of thiocarbonyl (C=S) groups is 1. The predicted octanol–water partition coefficient (Wildman–Crippen LogP) is 3.68.